The predicted octanol–water partition coefficient (Wildman–Crippen LogP) is 2.03. The molecule has 0 unspecified atom stereocenters. The molecule has 0 saturated heterocycles. The Morgan fingerprint density at radius 3 is 2.84 bits per heavy atom. The van der Waals surface area contributed by atoms with Gasteiger partial charge in [-0.15, -0.1) is 0 Å². The minimum absolute atomic E-state index is 0.0935. The summed E-state index contributed by atoms with van der Waals surface area (Å²) in [5.74, 6) is 0.893. The number of nitro benzene ring substituents is 1. The van der Waals surface area contributed by atoms with Crippen LogP contribution in [0, 0.1) is 10.1 Å². The highest BCUT2D eigenvalue weighted by atomic mass is 16.6. The number of methoxy groups -OCH3 is 1. The molecule has 0 fully saturated rings. The number of anilines is 2. The number of ether oxygens (including phenoxy) is 1. The van der Waals surface area contributed by atoms with E-state index in [0.29, 0.717) is 22.6 Å². The van der Waals surface area contributed by atoms with Crippen LogP contribution >= 0.6 is 0 Å². The molecule has 4 aromatic rings. The monoisotopic (exact) mass is 418 g/mol. The highest BCUT2D eigenvalue weighted by molar-refractivity contribution is 5.76. The van der Waals surface area contributed by atoms with E-state index in [1.807, 2.05) is 18.2 Å². The van der Waals surface area contributed by atoms with E-state index in [1.165, 1.54) is 16.8 Å². The molecule has 1 aliphatic heterocycles. The first-order valence-electron chi connectivity index (χ1n) is 9.13. The van der Waals surface area contributed by atoms with Crippen LogP contribution in [0.25, 0.3) is 11.3 Å². The van der Waals surface area contributed by atoms with Crippen molar-refractivity contribution in [1.29, 1.82) is 0 Å². The molecule has 2 aromatic carbocycles. The summed E-state index contributed by atoms with van der Waals surface area (Å²) >= 11 is 0. The van der Waals surface area contributed by atoms with Gasteiger partial charge < -0.3 is 10.1 Å². The Kier molecular flexibility index (Phi) is 4.17. The molecule has 0 bridgehead atoms. The normalized spacial score (nSPS) is 14.3. The molecule has 0 aliphatic carbocycles. The molecule has 12 heteroatoms. The molecule has 0 radical (unpaired) electrons. The molecule has 1 aliphatic rings. The summed E-state index contributed by atoms with van der Waals surface area (Å²) < 4.78 is 6.88. The number of nitro groups is 1. The second kappa shape index (κ2) is 7.02. The van der Waals surface area contributed by atoms with Crippen LogP contribution in [-0.2, 0) is 0 Å². The molecule has 12 nitrogen and oxygen atoms in total. The molecule has 2 aromatic heterocycles. The Morgan fingerprint density at radius 1 is 1.19 bits per heavy atom. The van der Waals surface area contributed by atoms with Gasteiger partial charge in [0.05, 0.1) is 17.7 Å². The topological polar surface area (TPSA) is 154 Å². The largest absolute Gasteiger partial charge is 0.497 e. The van der Waals surface area contributed by atoms with Crippen LogP contribution in [0.4, 0.5) is 17.3 Å². The molecule has 2 N–H and O–H groups in total. The quantitative estimate of drug-likeness (QED) is 0.329. The zero-order valence-electron chi connectivity index (χ0n) is 16.0. The summed E-state index contributed by atoms with van der Waals surface area (Å²) in [6, 6.07) is 12.7. The standard InChI is InChI=1S/C19H14N8O4/c1-31-13-7-3-5-11(9-13)17-14-15(10-4-2-6-12(8-10)27(29)30)21-22-18(28)16(14)20-19-23-24-25-26(17)19/h2-9,17H,1H3,(H,22,28)(H,20,23,25)/t17-/m1/s1. The number of aromatic nitrogens is 6. The molecule has 31 heavy (non-hydrogen) atoms. The molecule has 0 saturated carbocycles. The maximum Gasteiger partial charge on any atom is 0.288 e. The third-order valence-electron chi connectivity index (χ3n) is 5.01. The summed E-state index contributed by atoms with van der Waals surface area (Å²) in [5.41, 5.74) is 1.71. The third kappa shape index (κ3) is 2.97. The number of aromatic amines is 1. The van der Waals surface area contributed by atoms with Crippen molar-refractivity contribution in [3.63, 3.8) is 0 Å². The van der Waals surface area contributed by atoms with Crippen molar-refractivity contribution in [2.24, 2.45) is 0 Å². The molecule has 0 amide bonds. The first kappa shape index (κ1) is 18.4. The van der Waals surface area contributed by atoms with E-state index in [-0.39, 0.29) is 17.3 Å². The first-order chi connectivity index (χ1) is 15.1. The van der Waals surface area contributed by atoms with Crippen LogP contribution < -0.4 is 15.6 Å². The van der Waals surface area contributed by atoms with Gasteiger partial charge in [0.2, 0.25) is 5.95 Å². The number of hydrogen-bond acceptors (Lipinski definition) is 9. The smallest absolute Gasteiger partial charge is 0.288 e. The summed E-state index contributed by atoms with van der Waals surface area (Å²) in [6.07, 6.45) is 0. The molecule has 3 heterocycles. The number of nitrogens with zero attached hydrogens (tertiary/aromatic N) is 6. The summed E-state index contributed by atoms with van der Waals surface area (Å²) in [4.78, 5) is 23.5. The fourth-order valence-electron chi connectivity index (χ4n) is 3.64. The lowest BCUT2D eigenvalue weighted by molar-refractivity contribution is -0.384. The molecule has 154 valence electrons. The number of H-pyrrole nitrogens is 1. The van der Waals surface area contributed by atoms with Crippen LogP contribution in [0.5, 0.6) is 5.75 Å². The van der Waals surface area contributed by atoms with Crippen molar-refractivity contribution in [1.82, 2.24) is 30.4 Å². The average molecular weight is 418 g/mol. The maximum absolute atomic E-state index is 12.7. The highest BCUT2D eigenvalue weighted by Gasteiger charge is 2.34. The lowest BCUT2D eigenvalue weighted by Crippen LogP contribution is -2.29. The Bertz CT molecular complexity index is 1380. The van der Waals surface area contributed by atoms with Gasteiger partial charge in [0.25, 0.3) is 11.2 Å². The van der Waals surface area contributed by atoms with Crippen molar-refractivity contribution in [2.75, 3.05) is 12.4 Å². The minimum Gasteiger partial charge on any atom is -0.497 e. The maximum atomic E-state index is 12.7. The van der Waals surface area contributed by atoms with E-state index >= 15 is 0 Å². The van der Waals surface area contributed by atoms with E-state index in [9.17, 15) is 14.9 Å². The number of benzene rings is 2. The summed E-state index contributed by atoms with van der Waals surface area (Å²) in [7, 11) is 1.55. The van der Waals surface area contributed by atoms with Crippen molar-refractivity contribution in [3.05, 3.63) is 80.1 Å². The molecule has 5 rings (SSSR count). The van der Waals surface area contributed by atoms with Gasteiger partial charge in [-0.3, -0.25) is 14.9 Å². The zero-order chi connectivity index (χ0) is 21.5. The van der Waals surface area contributed by atoms with Gasteiger partial charge in [-0.05, 0) is 28.1 Å². The highest BCUT2D eigenvalue weighted by Crippen LogP contribution is 2.41. The molecular weight excluding hydrogens is 404 g/mol. The predicted molar refractivity (Wildman–Crippen MR) is 108 cm³/mol. The minimum atomic E-state index is -0.625. The number of nitrogens with one attached hydrogen (secondary N) is 2. The second-order valence-electron chi connectivity index (χ2n) is 6.75. The number of hydrogen-bond donors (Lipinski definition) is 2. The van der Waals surface area contributed by atoms with Crippen LogP contribution in [0.3, 0.4) is 0 Å². The number of tetrazole rings is 1. The Hall–Kier alpha value is -4.61. The van der Waals surface area contributed by atoms with Gasteiger partial charge in [0.1, 0.15) is 17.5 Å². The van der Waals surface area contributed by atoms with Crippen molar-refractivity contribution in [2.45, 2.75) is 6.04 Å². The van der Waals surface area contributed by atoms with E-state index in [1.54, 1.807) is 25.3 Å². The number of non-ortho nitro benzene ring substituents is 1. The van der Waals surface area contributed by atoms with E-state index in [0.717, 1.165) is 5.56 Å². The third-order valence-corrected chi connectivity index (χ3v) is 5.01. The van der Waals surface area contributed by atoms with Gasteiger partial charge >= 0.3 is 0 Å². The Balaban J connectivity index is 1.80. The SMILES string of the molecule is COc1cccc([C@@H]2c3c(-c4cccc([N+](=O)[O-])c4)n[nH]c(=O)c3Nc3nnnn32)c1. The molecule has 1 atom stereocenters. The van der Waals surface area contributed by atoms with Crippen LogP contribution in [0.2, 0.25) is 0 Å². The summed E-state index contributed by atoms with van der Waals surface area (Å²) in [6.45, 7) is 0. The van der Waals surface area contributed by atoms with Crippen molar-refractivity contribution < 1.29 is 9.66 Å². The van der Waals surface area contributed by atoms with E-state index < -0.39 is 16.5 Å². The van der Waals surface area contributed by atoms with Crippen LogP contribution in [-0.4, -0.2) is 42.4 Å². The fourth-order valence-corrected chi connectivity index (χ4v) is 3.64. The van der Waals surface area contributed by atoms with Crippen LogP contribution in [0.1, 0.15) is 17.2 Å². The first-order valence-corrected chi connectivity index (χ1v) is 9.13. The van der Waals surface area contributed by atoms with Gasteiger partial charge in [0, 0.05) is 23.3 Å². The van der Waals surface area contributed by atoms with Crippen molar-refractivity contribution in [3.8, 4) is 17.0 Å². The second-order valence-corrected chi connectivity index (χ2v) is 6.75. The Labute approximate surface area is 173 Å². The van der Waals surface area contributed by atoms with Gasteiger partial charge in [-0.25, -0.2) is 5.10 Å². The van der Waals surface area contributed by atoms with Crippen molar-refractivity contribution >= 4 is 17.3 Å². The van der Waals surface area contributed by atoms with E-state index in [4.69, 9.17) is 4.74 Å². The number of fused-ring (bicyclic) bond motifs is 2. The fraction of sp³-hybridized carbons (Fsp3) is 0.105. The lowest BCUT2D eigenvalue weighted by Gasteiger charge is -2.28. The number of rotatable bonds is 4. The lowest BCUT2D eigenvalue weighted by atomic mass is 9.92. The average Bonchev–Trinajstić information content (AvgIpc) is 3.26. The molecular formula is C19H14N8O4. The van der Waals surface area contributed by atoms with Crippen LogP contribution in [0.15, 0.2) is 53.3 Å². The Morgan fingerprint density at radius 2 is 2.03 bits per heavy atom. The zero-order valence-corrected chi connectivity index (χ0v) is 16.0. The van der Waals surface area contributed by atoms with Gasteiger partial charge in [-0.2, -0.15) is 9.78 Å². The van der Waals surface area contributed by atoms with Gasteiger partial charge in [-0.1, -0.05) is 29.4 Å². The van der Waals surface area contributed by atoms with E-state index in [2.05, 4.69) is 31.0 Å². The molecule has 0 spiro atoms. The summed E-state index contributed by atoms with van der Waals surface area (Å²) in [5, 5.41) is 32.7. The van der Waals surface area contributed by atoms with Gasteiger partial charge in [0.15, 0.2) is 0 Å².